The minimum absolute atomic E-state index is 0.149. The second-order valence-electron chi connectivity index (χ2n) is 4.75. The molecule has 5 heteroatoms. The lowest BCUT2D eigenvalue weighted by Crippen LogP contribution is -2.47. The third-order valence-electron chi connectivity index (χ3n) is 3.14. The van der Waals surface area contributed by atoms with Crippen molar-refractivity contribution in [1.82, 2.24) is 10.3 Å². The number of hydrogen-bond acceptors (Lipinski definition) is 4. The van der Waals surface area contributed by atoms with Gasteiger partial charge < -0.3 is 5.32 Å². The molecule has 0 atom stereocenters. The van der Waals surface area contributed by atoms with E-state index in [1.54, 1.807) is 11.3 Å². The maximum atomic E-state index is 11.9. The first-order valence-electron chi connectivity index (χ1n) is 5.66. The van der Waals surface area contributed by atoms with Gasteiger partial charge in [0.25, 0.3) is 0 Å². The lowest BCUT2D eigenvalue weighted by molar-refractivity contribution is -0.134. The Kier molecular flexibility index (Phi) is 3.16. The van der Waals surface area contributed by atoms with Crippen molar-refractivity contribution in [3.05, 3.63) is 16.1 Å². The molecule has 17 heavy (non-hydrogen) atoms. The largest absolute Gasteiger partial charge is 0.349 e. The summed E-state index contributed by atoms with van der Waals surface area (Å²) in [5.41, 5.74) is 0.0751. The quantitative estimate of drug-likeness (QED) is 0.891. The van der Waals surface area contributed by atoms with Crippen LogP contribution in [0.4, 0.5) is 0 Å². The Morgan fingerprint density at radius 3 is 2.94 bits per heavy atom. The van der Waals surface area contributed by atoms with Gasteiger partial charge in [-0.3, -0.25) is 4.79 Å². The summed E-state index contributed by atoms with van der Waals surface area (Å²) in [6.45, 7) is 4.41. The van der Waals surface area contributed by atoms with Crippen LogP contribution >= 0.6 is 11.3 Å². The van der Waals surface area contributed by atoms with Crippen molar-refractivity contribution in [1.29, 1.82) is 5.26 Å². The van der Waals surface area contributed by atoms with Gasteiger partial charge in [-0.2, -0.15) is 5.26 Å². The Hall–Kier alpha value is -1.41. The highest BCUT2D eigenvalue weighted by molar-refractivity contribution is 7.09. The summed E-state index contributed by atoms with van der Waals surface area (Å²) in [4.78, 5) is 16.2. The fourth-order valence-electron chi connectivity index (χ4n) is 2.29. The predicted octanol–water partition coefficient (Wildman–Crippen LogP) is 2.01. The second-order valence-corrected chi connectivity index (χ2v) is 5.81. The average Bonchev–Trinajstić information content (AvgIpc) is 2.67. The molecule has 2 rings (SSSR count). The molecule has 0 aliphatic heterocycles. The molecule has 1 aromatic rings. The number of amides is 1. The highest BCUT2D eigenvalue weighted by Gasteiger charge is 2.48. The molecular formula is C12H15N3OS. The second kappa shape index (κ2) is 4.46. The third-order valence-corrected chi connectivity index (χ3v) is 3.96. The van der Waals surface area contributed by atoms with Crippen LogP contribution in [-0.4, -0.2) is 10.9 Å². The number of nitrogens with zero attached hydrogens (tertiary/aromatic N) is 2. The van der Waals surface area contributed by atoms with Crippen molar-refractivity contribution in [2.24, 2.45) is 11.3 Å². The van der Waals surface area contributed by atoms with Crippen LogP contribution < -0.4 is 5.32 Å². The molecular weight excluding hydrogens is 234 g/mol. The maximum absolute atomic E-state index is 11.9. The number of aromatic nitrogens is 1. The fourth-order valence-corrected chi connectivity index (χ4v) is 2.90. The van der Waals surface area contributed by atoms with E-state index in [9.17, 15) is 4.79 Å². The standard InChI is InChI=1S/C12H15N3OS/c1-8-3-12(4-8,7-13)11(16)14-5-10-6-17-9(2)15-10/h6,8H,3-5H2,1-2H3,(H,14,16). The smallest absolute Gasteiger partial charge is 0.240 e. The van der Waals surface area contributed by atoms with Crippen molar-refractivity contribution >= 4 is 17.2 Å². The lowest BCUT2D eigenvalue weighted by Gasteiger charge is -2.39. The molecule has 0 radical (unpaired) electrons. The van der Waals surface area contributed by atoms with Crippen molar-refractivity contribution in [3.8, 4) is 6.07 Å². The van der Waals surface area contributed by atoms with Crippen molar-refractivity contribution in [2.45, 2.75) is 33.2 Å². The van der Waals surface area contributed by atoms with Gasteiger partial charge >= 0.3 is 0 Å². The number of carbonyl (C=O) groups is 1. The molecule has 90 valence electrons. The summed E-state index contributed by atoms with van der Waals surface area (Å²) in [6, 6.07) is 2.16. The zero-order chi connectivity index (χ0) is 12.5. The monoisotopic (exact) mass is 249 g/mol. The van der Waals surface area contributed by atoms with Gasteiger partial charge in [-0.15, -0.1) is 11.3 Å². The van der Waals surface area contributed by atoms with E-state index in [1.165, 1.54) is 0 Å². The number of nitrogens with one attached hydrogen (secondary N) is 1. The molecule has 0 bridgehead atoms. The normalized spacial score (nSPS) is 27.0. The van der Waals surface area contributed by atoms with Crippen molar-refractivity contribution < 1.29 is 4.79 Å². The summed E-state index contributed by atoms with van der Waals surface area (Å²) in [7, 11) is 0. The molecule has 1 aliphatic carbocycles. The van der Waals surface area contributed by atoms with Crippen LogP contribution in [0.2, 0.25) is 0 Å². The van der Waals surface area contributed by atoms with Crippen LogP contribution in [0.3, 0.4) is 0 Å². The maximum Gasteiger partial charge on any atom is 0.240 e. The highest BCUT2D eigenvalue weighted by atomic mass is 32.1. The van der Waals surface area contributed by atoms with Crippen LogP contribution in [0.1, 0.15) is 30.5 Å². The molecule has 1 aliphatic rings. The Bertz CT molecular complexity index is 468. The summed E-state index contributed by atoms with van der Waals surface area (Å²) in [6.07, 6.45) is 1.34. The van der Waals surface area contributed by atoms with Crippen LogP contribution in [0, 0.1) is 29.6 Å². The Balaban J connectivity index is 1.92. The van der Waals surface area contributed by atoms with Gasteiger partial charge in [0.1, 0.15) is 5.41 Å². The van der Waals surface area contributed by atoms with Gasteiger partial charge in [-0.1, -0.05) is 6.92 Å². The van der Waals surface area contributed by atoms with Gasteiger partial charge in [-0.05, 0) is 25.7 Å². The number of aryl methyl sites for hydroxylation is 1. The molecule has 1 fully saturated rings. The zero-order valence-electron chi connectivity index (χ0n) is 9.99. The number of carbonyl (C=O) groups excluding carboxylic acids is 1. The van der Waals surface area contributed by atoms with Gasteiger partial charge in [0.05, 0.1) is 23.3 Å². The molecule has 4 nitrogen and oxygen atoms in total. The first kappa shape index (κ1) is 12.1. The first-order valence-corrected chi connectivity index (χ1v) is 6.54. The SMILES string of the molecule is Cc1nc(CNC(=O)C2(C#N)CC(C)C2)cs1. The summed E-state index contributed by atoms with van der Waals surface area (Å²) in [5.74, 6) is 0.325. The van der Waals surface area contributed by atoms with Gasteiger partial charge in [0.2, 0.25) is 5.91 Å². The van der Waals surface area contributed by atoms with E-state index in [0.717, 1.165) is 10.7 Å². The molecule has 1 amide bonds. The first-order chi connectivity index (χ1) is 8.05. The van der Waals surface area contributed by atoms with Crippen molar-refractivity contribution in [3.63, 3.8) is 0 Å². The molecule has 0 unspecified atom stereocenters. The Labute approximate surface area is 105 Å². The van der Waals surface area contributed by atoms with E-state index < -0.39 is 5.41 Å². The summed E-state index contributed by atoms with van der Waals surface area (Å²) >= 11 is 1.56. The van der Waals surface area contributed by atoms with E-state index in [1.807, 2.05) is 12.3 Å². The molecule has 1 N–H and O–H groups in total. The molecule has 1 heterocycles. The minimum Gasteiger partial charge on any atom is -0.349 e. The molecule has 0 spiro atoms. The van der Waals surface area contributed by atoms with Crippen LogP contribution in [0.5, 0.6) is 0 Å². The van der Waals surface area contributed by atoms with Crippen molar-refractivity contribution in [2.75, 3.05) is 0 Å². The number of thiazole rings is 1. The number of hydrogen-bond donors (Lipinski definition) is 1. The van der Waals surface area contributed by atoms with E-state index >= 15 is 0 Å². The topological polar surface area (TPSA) is 65.8 Å². The molecule has 0 saturated heterocycles. The van der Waals surface area contributed by atoms with E-state index in [-0.39, 0.29) is 5.91 Å². The fraction of sp³-hybridized carbons (Fsp3) is 0.583. The predicted molar refractivity (Wildman–Crippen MR) is 65.1 cm³/mol. The van der Waals surface area contributed by atoms with Crippen LogP contribution in [0.25, 0.3) is 0 Å². The molecule has 0 aromatic carbocycles. The Morgan fingerprint density at radius 1 is 1.76 bits per heavy atom. The molecule has 1 aromatic heterocycles. The molecule has 1 saturated carbocycles. The van der Waals surface area contributed by atoms with E-state index in [4.69, 9.17) is 5.26 Å². The van der Waals surface area contributed by atoms with Gasteiger partial charge in [0, 0.05) is 5.38 Å². The van der Waals surface area contributed by atoms with Gasteiger partial charge in [0.15, 0.2) is 0 Å². The number of rotatable bonds is 3. The third kappa shape index (κ3) is 2.32. The van der Waals surface area contributed by atoms with Gasteiger partial charge in [-0.25, -0.2) is 4.98 Å². The van der Waals surface area contributed by atoms with Crippen LogP contribution in [-0.2, 0) is 11.3 Å². The zero-order valence-corrected chi connectivity index (χ0v) is 10.8. The minimum atomic E-state index is -0.787. The lowest BCUT2D eigenvalue weighted by atomic mass is 9.63. The number of nitriles is 1. The highest BCUT2D eigenvalue weighted by Crippen LogP contribution is 2.45. The Morgan fingerprint density at radius 2 is 2.47 bits per heavy atom. The average molecular weight is 249 g/mol. The summed E-state index contributed by atoms with van der Waals surface area (Å²) in [5, 5.41) is 14.8. The van der Waals surface area contributed by atoms with E-state index in [2.05, 4.69) is 23.3 Å². The summed E-state index contributed by atoms with van der Waals surface area (Å²) < 4.78 is 0. The van der Waals surface area contributed by atoms with E-state index in [0.29, 0.717) is 25.3 Å². The van der Waals surface area contributed by atoms with Crippen LogP contribution in [0.15, 0.2) is 5.38 Å².